The molecule has 1 fully saturated rings. The topological polar surface area (TPSA) is 73.4 Å². The Hall–Kier alpha value is -2.94. The van der Waals surface area contributed by atoms with Crippen molar-refractivity contribution < 1.29 is 23.1 Å². The zero-order valence-corrected chi connectivity index (χ0v) is 16.7. The zero-order chi connectivity index (χ0) is 21.6. The van der Waals surface area contributed by atoms with Gasteiger partial charge in [-0.05, 0) is 30.9 Å². The number of thioether (sulfide) groups is 1. The summed E-state index contributed by atoms with van der Waals surface area (Å²) in [6.45, 7) is 1.05. The first-order chi connectivity index (χ1) is 14.3. The minimum atomic E-state index is -1.46. The maximum Gasteiger partial charge on any atom is 0.341 e. The molecule has 1 saturated heterocycles. The van der Waals surface area contributed by atoms with Crippen LogP contribution in [0.25, 0.3) is 22.0 Å². The molecular weight excluding hydrogens is 417 g/mol. The maximum atomic E-state index is 15.3. The van der Waals surface area contributed by atoms with Gasteiger partial charge in [0.05, 0.1) is 16.6 Å². The fraction of sp³-hybridized carbons (Fsp3) is 0.238. The summed E-state index contributed by atoms with van der Waals surface area (Å²) in [5, 5.41) is 9.26. The molecule has 1 aliphatic heterocycles. The SMILES string of the molecule is CSC1CCN(c2c(F)cc3c(=O)c(C(=O)O)c[nH]c3c2-c2ccc(F)cc2F)C1. The molecule has 1 aromatic heterocycles. The average Bonchev–Trinajstić information content (AvgIpc) is 3.16. The van der Waals surface area contributed by atoms with Crippen molar-refractivity contribution >= 4 is 34.3 Å². The quantitative estimate of drug-likeness (QED) is 0.642. The van der Waals surface area contributed by atoms with Gasteiger partial charge in [-0.1, -0.05) is 0 Å². The molecule has 5 nitrogen and oxygen atoms in total. The Kier molecular flexibility index (Phi) is 5.23. The summed E-state index contributed by atoms with van der Waals surface area (Å²) in [7, 11) is 0. The number of pyridine rings is 1. The predicted molar refractivity (Wildman–Crippen MR) is 111 cm³/mol. The molecule has 4 rings (SSSR count). The van der Waals surface area contributed by atoms with Crippen molar-refractivity contribution in [2.45, 2.75) is 11.7 Å². The third-order valence-electron chi connectivity index (χ3n) is 5.33. The highest BCUT2D eigenvalue weighted by Crippen LogP contribution is 2.41. The third-order valence-corrected chi connectivity index (χ3v) is 6.38. The molecule has 1 atom stereocenters. The molecule has 0 radical (unpaired) electrons. The molecule has 2 heterocycles. The highest BCUT2D eigenvalue weighted by molar-refractivity contribution is 7.99. The molecular formula is C21H17F3N2O3S. The minimum Gasteiger partial charge on any atom is -0.477 e. The molecule has 0 aliphatic carbocycles. The van der Waals surface area contributed by atoms with Gasteiger partial charge in [-0.2, -0.15) is 11.8 Å². The van der Waals surface area contributed by atoms with Crippen LogP contribution in [-0.4, -0.2) is 40.7 Å². The van der Waals surface area contributed by atoms with Crippen LogP contribution in [0.3, 0.4) is 0 Å². The number of H-pyrrole nitrogens is 1. The predicted octanol–water partition coefficient (Wildman–Crippen LogP) is 4.25. The van der Waals surface area contributed by atoms with Gasteiger partial charge in [-0.25, -0.2) is 18.0 Å². The number of hydrogen-bond acceptors (Lipinski definition) is 4. The molecule has 0 saturated carbocycles. The summed E-state index contributed by atoms with van der Waals surface area (Å²) in [6.07, 6.45) is 3.77. The monoisotopic (exact) mass is 434 g/mol. The van der Waals surface area contributed by atoms with Crippen LogP contribution in [0, 0.1) is 17.5 Å². The fourth-order valence-corrected chi connectivity index (χ4v) is 4.54. The highest BCUT2D eigenvalue weighted by Gasteiger charge is 2.30. The van der Waals surface area contributed by atoms with E-state index in [9.17, 15) is 23.5 Å². The number of carbonyl (C=O) groups is 1. The van der Waals surface area contributed by atoms with E-state index >= 15 is 4.39 Å². The van der Waals surface area contributed by atoms with Gasteiger partial charge in [0.15, 0.2) is 0 Å². The summed E-state index contributed by atoms with van der Waals surface area (Å²) in [5.41, 5.74) is -1.25. The number of fused-ring (bicyclic) bond motifs is 1. The highest BCUT2D eigenvalue weighted by atomic mass is 32.2. The van der Waals surface area contributed by atoms with Crippen LogP contribution in [0.15, 0.2) is 35.3 Å². The van der Waals surface area contributed by atoms with Gasteiger partial charge in [0.25, 0.3) is 0 Å². The first-order valence-corrected chi connectivity index (χ1v) is 10.4. The van der Waals surface area contributed by atoms with Gasteiger partial charge in [0, 0.05) is 41.7 Å². The third kappa shape index (κ3) is 3.32. The number of halogens is 3. The molecule has 1 aliphatic rings. The van der Waals surface area contributed by atoms with Gasteiger partial charge in [-0.3, -0.25) is 4.79 Å². The van der Waals surface area contributed by atoms with Crippen LogP contribution in [0.5, 0.6) is 0 Å². The summed E-state index contributed by atoms with van der Waals surface area (Å²) in [5.74, 6) is -3.92. The van der Waals surface area contributed by atoms with E-state index < -0.39 is 34.4 Å². The van der Waals surface area contributed by atoms with E-state index in [0.717, 1.165) is 24.8 Å². The maximum absolute atomic E-state index is 15.3. The van der Waals surface area contributed by atoms with Crippen LogP contribution in [0.2, 0.25) is 0 Å². The number of nitrogens with zero attached hydrogens (tertiary/aromatic N) is 1. The van der Waals surface area contributed by atoms with Gasteiger partial charge < -0.3 is 15.0 Å². The Morgan fingerprint density at radius 2 is 2.00 bits per heavy atom. The second-order valence-corrected chi connectivity index (χ2v) is 8.20. The molecule has 0 amide bonds. The second-order valence-electron chi connectivity index (χ2n) is 7.06. The van der Waals surface area contributed by atoms with Crippen molar-refractivity contribution in [1.82, 2.24) is 4.98 Å². The smallest absolute Gasteiger partial charge is 0.341 e. The van der Waals surface area contributed by atoms with Crippen molar-refractivity contribution in [1.29, 1.82) is 0 Å². The summed E-state index contributed by atoms with van der Waals surface area (Å²) < 4.78 is 43.6. The van der Waals surface area contributed by atoms with Gasteiger partial charge >= 0.3 is 5.97 Å². The lowest BCUT2D eigenvalue weighted by Gasteiger charge is -2.24. The molecule has 30 heavy (non-hydrogen) atoms. The van der Waals surface area contributed by atoms with Gasteiger partial charge in [0.2, 0.25) is 5.43 Å². The van der Waals surface area contributed by atoms with Crippen molar-refractivity contribution in [2.24, 2.45) is 0 Å². The van der Waals surface area contributed by atoms with Gasteiger partial charge in [0.1, 0.15) is 23.0 Å². The first kappa shape index (κ1) is 20.3. The van der Waals surface area contributed by atoms with Crippen molar-refractivity contribution in [3.63, 3.8) is 0 Å². The van der Waals surface area contributed by atoms with E-state index in [0.29, 0.717) is 19.2 Å². The number of nitrogens with one attached hydrogen (secondary N) is 1. The average molecular weight is 434 g/mol. The van der Waals surface area contributed by atoms with E-state index in [2.05, 4.69) is 4.98 Å². The Morgan fingerprint density at radius 3 is 2.63 bits per heavy atom. The van der Waals surface area contributed by atoms with Crippen LogP contribution >= 0.6 is 11.8 Å². The minimum absolute atomic E-state index is 0.0679. The van der Waals surface area contributed by atoms with Crippen LogP contribution in [0.4, 0.5) is 18.9 Å². The number of carboxylic acid groups (broad SMARTS) is 1. The van der Waals surface area contributed by atoms with Crippen LogP contribution < -0.4 is 10.3 Å². The lowest BCUT2D eigenvalue weighted by Crippen LogP contribution is -2.23. The largest absolute Gasteiger partial charge is 0.477 e. The molecule has 0 bridgehead atoms. The van der Waals surface area contributed by atoms with Gasteiger partial charge in [-0.15, -0.1) is 0 Å². The van der Waals surface area contributed by atoms with E-state index in [1.165, 1.54) is 6.07 Å². The lowest BCUT2D eigenvalue weighted by atomic mass is 9.97. The summed E-state index contributed by atoms with van der Waals surface area (Å²) in [4.78, 5) is 28.5. The van der Waals surface area contributed by atoms with Crippen molar-refractivity contribution in [2.75, 3.05) is 24.2 Å². The molecule has 2 N–H and O–H groups in total. The Labute approximate surface area is 173 Å². The second kappa shape index (κ2) is 7.71. The molecule has 156 valence electrons. The Morgan fingerprint density at radius 1 is 1.23 bits per heavy atom. The number of aromatic carboxylic acids is 1. The first-order valence-electron chi connectivity index (χ1n) is 9.16. The molecule has 2 aromatic carbocycles. The van der Waals surface area contributed by atoms with E-state index in [-0.39, 0.29) is 33.0 Å². The van der Waals surface area contributed by atoms with E-state index in [1.807, 2.05) is 6.26 Å². The van der Waals surface area contributed by atoms with E-state index in [1.54, 1.807) is 16.7 Å². The zero-order valence-electron chi connectivity index (χ0n) is 15.8. The molecule has 0 spiro atoms. The fourth-order valence-electron chi connectivity index (χ4n) is 3.87. The van der Waals surface area contributed by atoms with Crippen LogP contribution in [-0.2, 0) is 0 Å². The number of anilines is 1. The Bertz CT molecular complexity index is 1230. The normalized spacial score (nSPS) is 16.4. The number of aromatic amines is 1. The standard InChI is InChI=1S/C21H17F3N2O3S/c1-30-11-4-5-26(9-11)19-16(24)7-13-18(25-8-14(20(13)27)21(28)29)17(19)12-3-2-10(22)6-15(12)23/h2-3,6-8,11H,4-5,9H2,1H3,(H,25,27)(H,28,29). The summed E-state index contributed by atoms with van der Waals surface area (Å²) >= 11 is 1.64. The number of hydrogen-bond donors (Lipinski definition) is 2. The van der Waals surface area contributed by atoms with Crippen molar-refractivity contribution in [3.05, 3.63) is 63.7 Å². The lowest BCUT2D eigenvalue weighted by molar-refractivity contribution is 0.0695. The number of aromatic nitrogens is 1. The number of carboxylic acids is 1. The molecule has 3 aromatic rings. The summed E-state index contributed by atoms with van der Waals surface area (Å²) in [6, 6.07) is 3.91. The Balaban J connectivity index is 2.08. The number of rotatable bonds is 4. The van der Waals surface area contributed by atoms with Crippen molar-refractivity contribution in [3.8, 4) is 11.1 Å². The number of benzene rings is 2. The molecule has 9 heteroatoms. The molecule has 1 unspecified atom stereocenters. The van der Waals surface area contributed by atoms with E-state index in [4.69, 9.17) is 0 Å². The van der Waals surface area contributed by atoms with Crippen LogP contribution in [0.1, 0.15) is 16.8 Å².